The third-order valence-corrected chi connectivity index (χ3v) is 6.48. The van der Waals surface area contributed by atoms with Gasteiger partial charge in [-0.15, -0.1) is 0 Å². The molecule has 1 aliphatic carbocycles. The summed E-state index contributed by atoms with van der Waals surface area (Å²) in [5.41, 5.74) is 4.96. The van der Waals surface area contributed by atoms with E-state index < -0.39 is 5.97 Å². The van der Waals surface area contributed by atoms with Crippen LogP contribution in [0.2, 0.25) is 0 Å². The first kappa shape index (κ1) is 21.0. The normalized spacial score (nSPS) is 18.2. The zero-order chi connectivity index (χ0) is 22.9. The van der Waals surface area contributed by atoms with Crippen LogP contribution in [0.4, 0.5) is 4.39 Å². The third-order valence-electron chi connectivity index (χ3n) is 6.48. The van der Waals surface area contributed by atoms with Crippen LogP contribution in [0, 0.1) is 17.1 Å². The number of nitriles is 1. The van der Waals surface area contributed by atoms with Gasteiger partial charge in [0.15, 0.2) is 0 Å². The lowest BCUT2D eigenvalue weighted by atomic mass is 9.92. The van der Waals surface area contributed by atoms with Gasteiger partial charge in [-0.25, -0.2) is 4.39 Å². The lowest BCUT2D eigenvalue weighted by Gasteiger charge is -2.17. The molecular weight excluding hydrogens is 421 g/mol. The Morgan fingerprint density at radius 2 is 2.00 bits per heavy atom. The van der Waals surface area contributed by atoms with Crippen molar-refractivity contribution in [3.63, 3.8) is 0 Å². The summed E-state index contributed by atoms with van der Waals surface area (Å²) in [4.78, 5) is 11.1. The zero-order valence-electron chi connectivity index (χ0n) is 17.9. The Balaban J connectivity index is 1.40. The summed E-state index contributed by atoms with van der Waals surface area (Å²) < 4.78 is 26.3. The first-order valence-corrected chi connectivity index (χ1v) is 11.0. The molecule has 0 aromatic heterocycles. The molecule has 5 nitrogen and oxygen atoms in total. The lowest BCUT2D eigenvalue weighted by molar-refractivity contribution is -0.137. The molecule has 0 fully saturated rings. The van der Waals surface area contributed by atoms with Gasteiger partial charge in [0.25, 0.3) is 0 Å². The maximum Gasteiger partial charge on any atom is 0.304 e. The van der Waals surface area contributed by atoms with Gasteiger partial charge in [-0.3, -0.25) is 4.79 Å². The number of carbonyl (C=O) groups is 1. The average molecular weight is 443 g/mol. The van der Waals surface area contributed by atoms with E-state index in [-0.39, 0.29) is 24.3 Å². The van der Waals surface area contributed by atoms with E-state index >= 15 is 0 Å². The largest absolute Gasteiger partial charge is 0.492 e. The highest BCUT2D eigenvalue weighted by atomic mass is 19.1. The van der Waals surface area contributed by atoms with E-state index in [1.165, 1.54) is 6.07 Å². The molecule has 0 radical (unpaired) electrons. The Bertz CT molecular complexity index is 1280. The van der Waals surface area contributed by atoms with Crippen molar-refractivity contribution in [3.8, 4) is 17.6 Å². The first-order chi connectivity index (χ1) is 16.0. The van der Waals surface area contributed by atoms with Crippen LogP contribution in [0.5, 0.6) is 11.5 Å². The predicted molar refractivity (Wildman–Crippen MR) is 119 cm³/mol. The summed E-state index contributed by atoms with van der Waals surface area (Å²) >= 11 is 0. The summed E-state index contributed by atoms with van der Waals surface area (Å²) in [7, 11) is 0. The van der Waals surface area contributed by atoms with Crippen LogP contribution in [-0.4, -0.2) is 17.7 Å². The fourth-order valence-corrected chi connectivity index (χ4v) is 4.87. The van der Waals surface area contributed by atoms with Gasteiger partial charge >= 0.3 is 5.97 Å². The highest BCUT2D eigenvalue weighted by molar-refractivity contribution is 5.68. The minimum atomic E-state index is -0.845. The molecule has 1 heterocycles. The number of hydrogen-bond donors (Lipinski definition) is 1. The predicted octanol–water partition coefficient (Wildman–Crippen LogP) is 5.31. The third kappa shape index (κ3) is 4.03. The summed E-state index contributed by atoms with van der Waals surface area (Å²) in [5.74, 6) is 0.0510. The van der Waals surface area contributed by atoms with Crippen LogP contribution in [0.3, 0.4) is 0 Å². The van der Waals surface area contributed by atoms with Crippen LogP contribution < -0.4 is 9.47 Å². The molecule has 5 rings (SSSR count). The van der Waals surface area contributed by atoms with E-state index in [0.717, 1.165) is 35.1 Å². The van der Waals surface area contributed by atoms with Gasteiger partial charge in [-0.05, 0) is 53.3 Å². The number of nitrogens with zero attached hydrogens (tertiary/aromatic N) is 1. The van der Waals surface area contributed by atoms with Gasteiger partial charge in [-0.1, -0.05) is 30.3 Å². The van der Waals surface area contributed by atoms with E-state index in [4.69, 9.17) is 14.6 Å². The fourth-order valence-electron chi connectivity index (χ4n) is 4.87. The Labute approximate surface area is 191 Å². The SMILES string of the molecule is N#Cc1ccc2c(c1Cc1ccccc1F)CCC2Oc1ccc2c(c1)OCC2CC(=O)O. The second-order valence-corrected chi connectivity index (χ2v) is 8.49. The molecular formula is C27H22FNO4. The van der Waals surface area contributed by atoms with Crippen molar-refractivity contribution in [1.29, 1.82) is 5.26 Å². The first-order valence-electron chi connectivity index (χ1n) is 11.0. The maximum absolute atomic E-state index is 14.3. The minimum Gasteiger partial charge on any atom is -0.492 e. The van der Waals surface area contributed by atoms with Crippen molar-refractivity contribution in [2.45, 2.75) is 37.7 Å². The van der Waals surface area contributed by atoms with Crippen LogP contribution >= 0.6 is 0 Å². The molecule has 3 aromatic carbocycles. The standard InChI is InChI=1S/C27H22FNO4/c28-24-4-2-1-3-16(24)11-23-17(14-29)5-7-22-21(23)9-10-25(22)33-19-6-8-20-18(12-27(30)31)15-32-26(20)13-19/h1-8,13,18,25H,9-12,15H2,(H,30,31). The number of hydrogen-bond acceptors (Lipinski definition) is 4. The molecule has 0 amide bonds. The molecule has 33 heavy (non-hydrogen) atoms. The van der Waals surface area contributed by atoms with Gasteiger partial charge in [-0.2, -0.15) is 5.26 Å². The van der Waals surface area contributed by atoms with Gasteiger partial charge in [0, 0.05) is 24.0 Å². The highest BCUT2D eigenvalue weighted by Gasteiger charge is 2.30. The molecule has 2 atom stereocenters. The average Bonchev–Trinajstić information content (AvgIpc) is 3.39. The van der Waals surface area contributed by atoms with Crippen molar-refractivity contribution in [2.24, 2.45) is 0 Å². The highest BCUT2D eigenvalue weighted by Crippen LogP contribution is 2.42. The van der Waals surface area contributed by atoms with Crippen LogP contribution in [-0.2, 0) is 17.6 Å². The van der Waals surface area contributed by atoms with Gasteiger partial charge in [0.2, 0.25) is 0 Å². The van der Waals surface area contributed by atoms with Crippen molar-refractivity contribution < 1.29 is 23.8 Å². The van der Waals surface area contributed by atoms with Crippen molar-refractivity contribution in [1.82, 2.24) is 0 Å². The summed E-state index contributed by atoms with van der Waals surface area (Å²) in [5, 5.41) is 18.7. The number of fused-ring (bicyclic) bond motifs is 2. The van der Waals surface area contributed by atoms with E-state index in [2.05, 4.69) is 6.07 Å². The van der Waals surface area contributed by atoms with E-state index in [1.807, 2.05) is 24.3 Å². The second kappa shape index (κ2) is 8.59. The Hall–Kier alpha value is -3.85. The minimum absolute atomic E-state index is 0.0369. The zero-order valence-corrected chi connectivity index (χ0v) is 17.9. The van der Waals surface area contributed by atoms with E-state index in [9.17, 15) is 14.4 Å². The number of ether oxygens (including phenoxy) is 2. The smallest absolute Gasteiger partial charge is 0.304 e. The summed E-state index contributed by atoms with van der Waals surface area (Å²) in [6.07, 6.45) is 1.73. The van der Waals surface area contributed by atoms with Crippen LogP contribution in [0.15, 0.2) is 54.6 Å². The summed E-state index contributed by atoms with van der Waals surface area (Å²) in [6.45, 7) is 0.355. The van der Waals surface area contributed by atoms with Gasteiger partial charge in [0.05, 0.1) is 24.7 Å². The quantitative estimate of drug-likeness (QED) is 0.559. The molecule has 6 heteroatoms. The van der Waals surface area contributed by atoms with Crippen LogP contribution in [0.25, 0.3) is 0 Å². The number of halogens is 1. The Morgan fingerprint density at radius 1 is 1.18 bits per heavy atom. The molecule has 0 saturated carbocycles. The maximum atomic E-state index is 14.3. The van der Waals surface area contributed by atoms with Gasteiger partial charge in [0.1, 0.15) is 23.4 Å². The Morgan fingerprint density at radius 3 is 2.79 bits per heavy atom. The monoisotopic (exact) mass is 443 g/mol. The summed E-state index contributed by atoms with van der Waals surface area (Å²) in [6, 6.07) is 18.2. The molecule has 1 N–H and O–H groups in total. The fraction of sp³-hybridized carbons (Fsp3) is 0.259. The number of rotatable bonds is 6. The van der Waals surface area contributed by atoms with Gasteiger partial charge < -0.3 is 14.6 Å². The molecule has 2 aliphatic rings. The molecule has 0 bridgehead atoms. The molecule has 166 valence electrons. The number of benzene rings is 3. The molecule has 2 unspecified atom stereocenters. The number of aliphatic carboxylic acids is 1. The van der Waals surface area contributed by atoms with Crippen molar-refractivity contribution >= 4 is 5.97 Å². The topological polar surface area (TPSA) is 79.5 Å². The van der Waals surface area contributed by atoms with E-state index in [1.54, 1.807) is 24.3 Å². The number of carboxylic acids is 1. The Kier molecular flexibility index (Phi) is 5.47. The molecule has 3 aromatic rings. The van der Waals surface area contributed by atoms with Crippen molar-refractivity contribution in [3.05, 3.63) is 93.8 Å². The van der Waals surface area contributed by atoms with Crippen molar-refractivity contribution in [2.75, 3.05) is 6.61 Å². The lowest BCUT2D eigenvalue weighted by Crippen LogP contribution is -2.07. The van der Waals surface area contributed by atoms with Crippen LogP contribution in [0.1, 0.15) is 58.2 Å². The molecule has 0 spiro atoms. The number of carboxylic acid groups (broad SMARTS) is 1. The second-order valence-electron chi connectivity index (χ2n) is 8.49. The molecule has 1 aliphatic heterocycles. The van der Waals surface area contributed by atoms with E-state index in [0.29, 0.717) is 35.7 Å². The molecule has 0 saturated heterocycles.